The van der Waals surface area contributed by atoms with Crippen molar-refractivity contribution in [1.82, 2.24) is 0 Å². The van der Waals surface area contributed by atoms with Crippen LogP contribution in [0.4, 0.5) is 0 Å². The van der Waals surface area contributed by atoms with Gasteiger partial charge in [-0.2, -0.15) is 0 Å². The third kappa shape index (κ3) is 4.67. The Hall–Kier alpha value is -2.66. The zero-order valence-corrected chi connectivity index (χ0v) is 17.9. The molecule has 0 aliphatic rings. The molecule has 0 aliphatic carbocycles. The number of allylic oxidation sites excluding steroid dienone is 1. The molecule has 0 atom stereocenters. The highest BCUT2D eigenvalue weighted by molar-refractivity contribution is 7.95. The molecule has 29 heavy (non-hydrogen) atoms. The lowest BCUT2D eigenvalue weighted by Crippen LogP contribution is -3.00. The molecule has 0 saturated heterocycles. The summed E-state index contributed by atoms with van der Waals surface area (Å²) >= 11 is 0. The van der Waals surface area contributed by atoms with E-state index in [9.17, 15) is 0 Å². The molecule has 0 nitrogen and oxygen atoms in total. The highest BCUT2D eigenvalue weighted by Crippen LogP contribution is 2.55. The lowest BCUT2D eigenvalue weighted by atomic mass is 10.2. The predicted octanol–water partition coefficient (Wildman–Crippen LogP) is 2.70. The van der Waals surface area contributed by atoms with E-state index in [1.165, 1.54) is 21.5 Å². The van der Waals surface area contributed by atoms with Crippen LogP contribution < -0.4 is 28.3 Å². The van der Waals surface area contributed by atoms with Gasteiger partial charge in [-0.1, -0.05) is 91.0 Å². The Bertz CT molecular complexity index is 916. The van der Waals surface area contributed by atoms with Crippen molar-refractivity contribution in [2.45, 2.75) is 0 Å². The van der Waals surface area contributed by atoms with Crippen LogP contribution in [0.1, 0.15) is 5.56 Å². The molecule has 0 unspecified atom stereocenters. The van der Waals surface area contributed by atoms with E-state index in [0.717, 1.165) is 6.16 Å². The zero-order valence-electron chi connectivity index (χ0n) is 16.2. The third-order valence-electron chi connectivity index (χ3n) is 5.08. The summed E-state index contributed by atoms with van der Waals surface area (Å²) in [5, 5.41) is 4.26. The van der Waals surface area contributed by atoms with E-state index in [2.05, 4.69) is 133 Å². The smallest absolute Gasteiger partial charge is 0.115 e. The van der Waals surface area contributed by atoms with Crippen LogP contribution >= 0.6 is 7.26 Å². The number of benzene rings is 4. The van der Waals surface area contributed by atoms with Crippen LogP contribution in [0.2, 0.25) is 0 Å². The molecule has 144 valence electrons. The second-order valence-electron chi connectivity index (χ2n) is 6.81. The summed E-state index contributed by atoms with van der Waals surface area (Å²) in [4.78, 5) is 0. The lowest BCUT2D eigenvalue weighted by Gasteiger charge is -2.26. The molecule has 2 heteroatoms. The number of rotatable bonds is 6. The minimum Gasteiger partial charge on any atom is -1.00 e. The van der Waals surface area contributed by atoms with E-state index < -0.39 is 7.26 Å². The van der Waals surface area contributed by atoms with Gasteiger partial charge in [0.25, 0.3) is 0 Å². The van der Waals surface area contributed by atoms with E-state index in [1.807, 2.05) is 0 Å². The Kier molecular flexibility index (Phi) is 7.42. The van der Waals surface area contributed by atoms with Crippen LogP contribution in [0.5, 0.6) is 0 Å². The summed E-state index contributed by atoms with van der Waals surface area (Å²) < 4.78 is 0. The number of halogens is 1. The van der Waals surface area contributed by atoms with Crippen LogP contribution in [0, 0.1) is 0 Å². The van der Waals surface area contributed by atoms with Crippen LogP contribution in [0.15, 0.2) is 127 Å². The molecule has 0 radical (unpaired) electrons. The lowest BCUT2D eigenvalue weighted by molar-refractivity contribution is -0.00000533. The topological polar surface area (TPSA) is 0 Å². The molecular formula is C27H24ClP. The maximum absolute atomic E-state index is 2.36. The van der Waals surface area contributed by atoms with Crippen molar-refractivity contribution in [1.29, 1.82) is 0 Å². The summed E-state index contributed by atoms with van der Waals surface area (Å²) in [7, 11) is -1.78. The molecule has 0 N–H and O–H groups in total. The van der Waals surface area contributed by atoms with Gasteiger partial charge in [-0.05, 0) is 48.0 Å². The Morgan fingerprint density at radius 2 is 0.828 bits per heavy atom. The van der Waals surface area contributed by atoms with Crippen molar-refractivity contribution in [3.63, 3.8) is 0 Å². The van der Waals surface area contributed by atoms with Gasteiger partial charge < -0.3 is 12.4 Å². The third-order valence-corrected chi connectivity index (χ3v) is 9.38. The first-order valence-electron chi connectivity index (χ1n) is 9.66. The van der Waals surface area contributed by atoms with E-state index in [0.29, 0.717) is 0 Å². The molecular weight excluding hydrogens is 391 g/mol. The first-order valence-corrected chi connectivity index (χ1v) is 11.6. The van der Waals surface area contributed by atoms with Gasteiger partial charge in [0, 0.05) is 0 Å². The fourth-order valence-electron chi connectivity index (χ4n) is 3.72. The average Bonchev–Trinajstić information content (AvgIpc) is 2.79. The maximum Gasteiger partial charge on any atom is 0.115 e. The molecule has 0 aliphatic heterocycles. The number of hydrogen-bond donors (Lipinski definition) is 0. The minimum absolute atomic E-state index is 0. The van der Waals surface area contributed by atoms with E-state index in [1.54, 1.807) is 0 Å². The van der Waals surface area contributed by atoms with Gasteiger partial charge in [-0.15, -0.1) is 0 Å². The van der Waals surface area contributed by atoms with E-state index >= 15 is 0 Å². The van der Waals surface area contributed by atoms with Crippen LogP contribution in [0.3, 0.4) is 0 Å². The number of hydrogen-bond acceptors (Lipinski definition) is 0. The van der Waals surface area contributed by atoms with Crippen molar-refractivity contribution in [3.05, 3.63) is 133 Å². The second-order valence-corrected chi connectivity index (χ2v) is 10.3. The largest absolute Gasteiger partial charge is 1.00 e. The highest BCUT2D eigenvalue weighted by Gasteiger charge is 2.43. The molecule has 0 heterocycles. The van der Waals surface area contributed by atoms with Crippen LogP contribution in [0.25, 0.3) is 6.08 Å². The molecule has 0 aromatic heterocycles. The van der Waals surface area contributed by atoms with Crippen molar-refractivity contribution in [3.8, 4) is 0 Å². The SMILES string of the molecule is C(=C\c1ccccc1)/C[P+](c1ccccc1)(c1ccccc1)c1ccccc1.[Cl-]. The predicted molar refractivity (Wildman–Crippen MR) is 125 cm³/mol. The summed E-state index contributed by atoms with van der Waals surface area (Å²) in [6.07, 6.45) is 5.61. The molecule has 4 aromatic rings. The maximum atomic E-state index is 2.36. The Morgan fingerprint density at radius 3 is 1.21 bits per heavy atom. The first kappa shape index (κ1) is 21.1. The zero-order chi connectivity index (χ0) is 19.1. The van der Waals surface area contributed by atoms with Gasteiger partial charge >= 0.3 is 0 Å². The molecule has 0 spiro atoms. The van der Waals surface area contributed by atoms with Gasteiger partial charge in [0.2, 0.25) is 0 Å². The Balaban J connectivity index is 0.00000240. The minimum atomic E-state index is -1.78. The summed E-state index contributed by atoms with van der Waals surface area (Å²) in [5.41, 5.74) is 1.25. The van der Waals surface area contributed by atoms with Crippen LogP contribution in [-0.2, 0) is 0 Å². The Morgan fingerprint density at radius 1 is 0.483 bits per heavy atom. The molecule has 4 rings (SSSR count). The van der Waals surface area contributed by atoms with Gasteiger partial charge in [0.15, 0.2) is 0 Å². The van der Waals surface area contributed by atoms with Gasteiger partial charge in [0.05, 0.1) is 6.16 Å². The van der Waals surface area contributed by atoms with Gasteiger partial charge in [-0.3, -0.25) is 0 Å². The fourth-order valence-corrected chi connectivity index (χ4v) is 7.71. The average molecular weight is 415 g/mol. The van der Waals surface area contributed by atoms with Gasteiger partial charge in [-0.25, -0.2) is 0 Å². The highest BCUT2D eigenvalue weighted by atomic mass is 35.5. The molecule has 0 saturated carbocycles. The summed E-state index contributed by atoms with van der Waals surface area (Å²) in [5.74, 6) is 0. The molecule has 0 fully saturated rings. The fraction of sp³-hybridized carbons (Fsp3) is 0.0370. The second kappa shape index (κ2) is 10.2. The molecule has 0 amide bonds. The summed E-state index contributed by atoms with van der Waals surface area (Å²) in [6, 6.07) is 43.6. The van der Waals surface area contributed by atoms with Gasteiger partial charge in [0.1, 0.15) is 23.2 Å². The van der Waals surface area contributed by atoms with Crippen molar-refractivity contribution in [2.75, 3.05) is 6.16 Å². The van der Waals surface area contributed by atoms with E-state index in [-0.39, 0.29) is 12.4 Å². The standard InChI is InChI=1S/C27H24P.ClH/c1-5-14-24(15-6-1)16-13-23-28(25-17-7-2-8-18-25,26-19-9-3-10-20-26)27-21-11-4-12-22-27;/h1-22H,23H2;1H/q+1;/p-1/b16-13+;. The van der Waals surface area contributed by atoms with Crippen molar-refractivity contribution < 1.29 is 12.4 Å². The first-order chi connectivity index (χ1) is 13.9. The van der Waals surface area contributed by atoms with E-state index in [4.69, 9.17) is 0 Å². The quantitative estimate of drug-likeness (QED) is 0.426. The normalized spacial score (nSPS) is 11.2. The Labute approximate surface area is 180 Å². The molecule has 0 bridgehead atoms. The van der Waals surface area contributed by atoms with Crippen molar-refractivity contribution in [2.24, 2.45) is 0 Å². The summed E-state index contributed by atoms with van der Waals surface area (Å²) in [6.45, 7) is 0. The monoisotopic (exact) mass is 414 g/mol. The molecule has 4 aromatic carbocycles. The van der Waals surface area contributed by atoms with Crippen LogP contribution in [-0.4, -0.2) is 6.16 Å². The van der Waals surface area contributed by atoms with Crippen molar-refractivity contribution >= 4 is 29.3 Å².